The van der Waals surface area contributed by atoms with Crippen LogP contribution in [0.5, 0.6) is 5.75 Å². The second kappa shape index (κ2) is 15.0. The largest absolute Gasteiger partial charge is 0.494 e. The number of halogens is 2. The summed E-state index contributed by atoms with van der Waals surface area (Å²) in [6.07, 6.45) is 1.81. The minimum atomic E-state index is -0.262. The summed E-state index contributed by atoms with van der Waals surface area (Å²) in [5.74, 6) is 1.15. The lowest BCUT2D eigenvalue weighted by Crippen LogP contribution is -2.38. The molecule has 0 amide bonds. The topological polar surface area (TPSA) is 65.9 Å². The first-order valence-electron chi connectivity index (χ1n) is 9.79. The monoisotopic (exact) mass is 515 g/mol. The molecule has 0 aliphatic heterocycles. The third-order valence-corrected chi connectivity index (χ3v) is 4.25. The molecular weight excluding hydrogens is 484 g/mol. The molecule has 0 aliphatic carbocycles. The summed E-state index contributed by atoms with van der Waals surface area (Å²) in [6.45, 7) is 4.73. The van der Waals surface area contributed by atoms with E-state index in [1.165, 1.54) is 12.1 Å². The fraction of sp³-hybridized carbons (Fsp3) is 0.409. The van der Waals surface area contributed by atoms with Crippen LogP contribution in [0.4, 0.5) is 4.39 Å². The molecule has 7 heteroatoms. The van der Waals surface area contributed by atoms with Crippen LogP contribution >= 0.6 is 24.0 Å². The normalized spacial score (nSPS) is 12.0. The molecule has 0 aliphatic rings. The molecule has 0 fully saturated rings. The van der Waals surface area contributed by atoms with Gasteiger partial charge in [0.05, 0.1) is 19.8 Å². The van der Waals surface area contributed by atoms with Crippen LogP contribution in [-0.4, -0.2) is 43.9 Å². The van der Waals surface area contributed by atoms with Crippen LogP contribution in [0.15, 0.2) is 59.6 Å². The Balaban J connectivity index is 0.00000420. The minimum absolute atomic E-state index is 0. The third-order valence-electron chi connectivity index (χ3n) is 4.25. The Hall–Kier alpha value is -1.87. The summed E-state index contributed by atoms with van der Waals surface area (Å²) in [4.78, 5) is 4.60. The maximum atomic E-state index is 12.9. The molecule has 0 aromatic heterocycles. The van der Waals surface area contributed by atoms with Gasteiger partial charge >= 0.3 is 0 Å². The number of ether oxygens (including phenoxy) is 1. The van der Waals surface area contributed by atoms with E-state index in [1.807, 2.05) is 37.3 Å². The predicted molar refractivity (Wildman–Crippen MR) is 127 cm³/mol. The Morgan fingerprint density at radius 2 is 1.79 bits per heavy atom. The highest BCUT2D eigenvalue weighted by Crippen LogP contribution is 2.15. The Kier molecular flexibility index (Phi) is 13.0. The van der Waals surface area contributed by atoms with Crippen molar-refractivity contribution in [2.24, 2.45) is 4.99 Å². The number of unbranched alkanes of at least 4 members (excludes halogenated alkanes) is 1. The van der Waals surface area contributed by atoms with E-state index in [2.05, 4.69) is 15.6 Å². The molecule has 0 saturated carbocycles. The number of benzene rings is 2. The number of hydrogen-bond donors (Lipinski definition) is 3. The molecule has 0 spiro atoms. The molecule has 1 atom stereocenters. The zero-order valence-corrected chi connectivity index (χ0v) is 19.1. The molecule has 29 heavy (non-hydrogen) atoms. The summed E-state index contributed by atoms with van der Waals surface area (Å²) in [5, 5.41) is 16.2. The number of hydrogen-bond acceptors (Lipinski definition) is 3. The van der Waals surface area contributed by atoms with Gasteiger partial charge in [-0.2, -0.15) is 0 Å². The molecule has 0 radical (unpaired) electrons. The molecule has 1 unspecified atom stereocenters. The van der Waals surface area contributed by atoms with Crippen LogP contribution in [0.1, 0.15) is 31.2 Å². The minimum Gasteiger partial charge on any atom is -0.494 e. The van der Waals surface area contributed by atoms with Crippen LogP contribution in [0, 0.1) is 5.82 Å². The van der Waals surface area contributed by atoms with Gasteiger partial charge in [0.1, 0.15) is 11.6 Å². The molecule has 160 valence electrons. The molecule has 2 aromatic rings. The Labute approximate surface area is 189 Å². The summed E-state index contributed by atoms with van der Waals surface area (Å²) >= 11 is 0. The van der Waals surface area contributed by atoms with Crippen molar-refractivity contribution in [3.63, 3.8) is 0 Å². The first-order valence-corrected chi connectivity index (χ1v) is 9.79. The van der Waals surface area contributed by atoms with Crippen molar-refractivity contribution in [3.05, 3.63) is 66.0 Å². The number of rotatable bonds is 11. The van der Waals surface area contributed by atoms with Crippen molar-refractivity contribution >= 4 is 29.9 Å². The third kappa shape index (κ3) is 9.94. The fourth-order valence-electron chi connectivity index (χ4n) is 2.69. The smallest absolute Gasteiger partial charge is 0.191 e. The summed E-state index contributed by atoms with van der Waals surface area (Å²) in [6, 6.07) is 16.0. The summed E-state index contributed by atoms with van der Waals surface area (Å²) in [7, 11) is 0. The van der Waals surface area contributed by atoms with Crippen molar-refractivity contribution in [2.45, 2.75) is 25.7 Å². The average Bonchev–Trinajstić information content (AvgIpc) is 2.73. The lowest BCUT2D eigenvalue weighted by Gasteiger charge is -2.15. The summed E-state index contributed by atoms with van der Waals surface area (Å²) in [5.41, 5.74) is 1.09. The molecule has 0 bridgehead atoms. The fourth-order valence-corrected chi connectivity index (χ4v) is 2.69. The quantitative estimate of drug-likeness (QED) is 0.184. The van der Waals surface area contributed by atoms with E-state index in [0.717, 1.165) is 37.5 Å². The lowest BCUT2D eigenvalue weighted by atomic mass is 10.0. The number of aliphatic hydroxyl groups is 1. The van der Waals surface area contributed by atoms with Crippen molar-refractivity contribution in [3.8, 4) is 5.75 Å². The highest BCUT2D eigenvalue weighted by molar-refractivity contribution is 14.0. The van der Waals surface area contributed by atoms with E-state index in [1.54, 1.807) is 12.1 Å². The number of aliphatic imine (C=N–C) groups is 1. The van der Waals surface area contributed by atoms with Gasteiger partial charge in [-0.25, -0.2) is 4.39 Å². The zero-order chi connectivity index (χ0) is 20.0. The van der Waals surface area contributed by atoms with Crippen LogP contribution in [0.2, 0.25) is 0 Å². The second-order valence-electron chi connectivity index (χ2n) is 6.45. The van der Waals surface area contributed by atoms with E-state index >= 15 is 0 Å². The molecule has 0 heterocycles. The van der Waals surface area contributed by atoms with Crippen LogP contribution in [0.3, 0.4) is 0 Å². The Morgan fingerprint density at radius 3 is 2.45 bits per heavy atom. The van der Waals surface area contributed by atoms with Gasteiger partial charge in [0.2, 0.25) is 0 Å². The number of nitrogens with one attached hydrogen (secondary N) is 2. The maximum Gasteiger partial charge on any atom is 0.191 e. The van der Waals surface area contributed by atoms with E-state index in [9.17, 15) is 9.50 Å². The Bertz CT molecular complexity index is 699. The van der Waals surface area contributed by atoms with Gasteiger partial charge in [-0.05, 0) is 49.6 Å². The van der Waals surface area contributed by atoms with Crippen molar-refractivity contribution in [2.75, 3.05) is 32.8 Å². The number of aliphatic hydroxyl groups excluding tert-OH is 1. The van der Waals surface area contributed by atoms with Crippen LogP contribution in [0.25, 0.3) is 0 Å². The van der Waals surface area contributed by atoms with Gasteiger partial charge in [-0.15, -0.1) is 24.0 Å². The first-order chi connectivity index (χ1) is 13.7. The molecule has 5 nitrogen and oxygen atoms in total. The van der Waals surface area contributed by atoms with Gasteiger partial charge in [0.15, 0.2) is 5.96 Å². The van der Waals surface area contributed by atoms with Gasteiger partial charge in [-0.1, -0.05) is 30.3 Å². The van der Waals surface area contributed by atoms with Gasteiger partial charge in [0, 0.05) is 19.0 Å². The van der Waals surface area contributed by atoms with Crippen molar-refractivity contribution < 1.29 is 14.2 Å². The Morgan fingerprint density at radius 1 is 1.07 bits per heavy atom. The van der Waals surface area contributed by atoms with Crippen LogP contribution in [-0.2, 0) is 0 Å². The van der Waals surface area contributed by atoms with Crippen molar-refractivity contribution in [1.82, 2.24) is 10.6 Å². The highest BCUT2D eigenvalue weighted by atomic mass is 127. The predicted octanol–water partition coefficient (Wildman–Crippen LogP) is 3.93. The standard InChI is InChI=1S/C22H30FN3O2.HI/c1-2-24-22(26-16-19(17-27)18-8-4-3-5-9-18)25-14-6-7-15-28-21-12-10-20(23)11-13-21;/h3-5,8-13,19,27H,2,6-7,14-17H2,1H3,(H2,24,25,26);1H. The lowest BCUT2D eigenvalue weighted by molar-refractivity contribution is 0.268. The van der Waals surface area contributed by atoms with Crippen molar-refractivity contribution in [1.29, 1.82) is 0 Å². The number of guanidine groups is 1. The molecule has 3 N–H and O–H groups in total. The molecule has 0 saturated heterocycles. The molecular formula is C22H31FIN3O2. The van der Waals surface area contributed by atoms with Crippen LogP contribution < -0.4 is 15.4 Å². The van der Waals surface area contributed by atoms with E-state index in [-0.39, 0.29) is 42.3 Å². The summed E-state index contributed by atoms with van der Waals surface area (Å²) < 4.78 is 18.4. The first kappa shape index (κ1) is 25.2. The van der Waals surface area contributed by atoms with E-state index in [0.29, 0.717) is 18.9 Å². The van der Waals surface area contributed by atoms with Gasteiger partial charge in [-0.3, -0.25) is 4.99 Å². The van der Waals surface area contributed by atoms with E-state index < -0.39 is 0 Å². The molecule has 2 rings (SSSR count). The average molecular weight is 515 g/mol. The number of nitrogens with zero attached hydrogens (tertiary/aromatic N) is 1. The van der Waals surface area contributed by atoms with Gasteiger partial charge in [0.25, 0.3) is 0 Å². The highest BCUT2D eigenvalue weighted by Gasteiger charge is 2.09. The zero-order valence-electron chi connectivity index (χ0n) is 16.8. The van der Waals surface area contributed by atoms with Gasteiger partial charge < -0.3 is 20.5 Å². The maximum absolute atomic E-state index is 12.9. The SMILES string of the molecule is CCNC(=NCC(CO)c1ccccc1)NCCCCOc1ccc(F)cc1.I. The van der Waals surface area contributed by atoms with E-state index in [4.69, 9.17) is 4.74 Å². The molecule has 2 aromatic carbocycles. The second-order valence-corrected chi connectivity index (χ2v) is 6.45.